The zero-order valence-corrected chi connectivity index (χ0v) is 14.0. The molecule has 0 heterocycles. The van der Waals surface area contributed by atoms with E-state index >= 15 is 0 Å². The van der Waals surface area contributed by atoms with Crippen LogP contribution >= 0.6 is 15.9 Å². The van der Waals surface area contributed by atoms with Gasteiger partial charge < -0.3 is 9.47 Å². The molecule has 0 spiro atoms. The molecule has 0 amide bonds. The Morgan fingerprint density at radius 3 is 2.44 bits per heavy atom. The SMILES string of the molecule is COc1cc(C#N)cc(Br)c1Oc1ccc(C(F)(F)F)cc1[N+](=O)[O-]. The molecule has 0 radical (unpaired) electrons. The summed E-state index contributed by atoms with van der Waals surface area (Å²) in [5.74, 6) is -0.328. The summed E-state index contributed by atoms with van der Waals surface area (Å²) in [5.41, 5.74) is -1.79. The van der Waals surface area contributed by atoms with E-state index in [-0.39, 0.29) is 21.5 Å². The van der Waals surface area contributed by atoms with Crippen molar-refractivity contribution in [1.29, 1.82) is 5.26 Å². The number of nitrogens with zero attached hydrogens (tertiary/aromatic N) is 2. The van der Waals surface area contributed by atoms with Gasteiger partial charge >= 0.3 is 11.9 Å². The number of nitriles is 1. The third-order valence-electron chi connectivity index (χ3n) is 3.05. The van der Waals surface area contributed by atoms with E-state index in [2.05, 4.69) is 15.9 Å². The Morgan fingerprint density at radius 2 is 1.92 bits per heavy atom. The molecule has 0 aliphatic rings. The molecule has 0 saturated heterocycles. The largest absolute Gasteiger partial charge is 0.493 e. The highest BCUT2D eigenvalue weighted by Crippen LogP contribution is 2.43. The fourth-order valence-corrected chi connectivity index (χ4v) is 2.44. The van der Waals surface area contributed by atoms with E-state index in [4.69, 9.17) is 14.7 Å². The number of alkyl halides is 3. The van der Waals surface area contributed by atoms with Crippen molar-refractivity contribution < 1.29 is 27.6 Å². The smallest absolute Gasteiger partial charge is 0.416 e. The minimum absolute atomic E-state index is 0.00985. The summed E-state index contributed by atoms with van der Waals surface area (Å²) in [6.45, 7) is 0. The van der Waals surface area contributed by atoms with Crippen LogP contribution in [0.3, 0.4) is 0 Å². The fraction of sp³-hybridized carbons (Fsp3) is 0.133. The molecule has 0 saturated carbocycles. The maximum absolute atomic E-state index is 12.7. The molecule has 2 rings (SSSR count). The first-order valence-electron chi connectivity index (χ1n) is 6.48. The lowest BCUT2D eigenvalue weighted by Gasteiger charge is -2.14. The summed E-state index contributed by atoms with van der Waals surface area (Å²) in [6, 6.07) is 6.51. The van der Waals surface area contributed by atoms with Gasteiger partial charge in [-0.2, -0.15) is 18.4 Å². The molecule has 0 atom stereocenters. The van der Waals surface area contributed by atoms with Crippen LogP contribution in [0.25, 0.3) is 0 Å². The number of ether oxygens (including phenoxy) is 2. The summed E-state index contributed by atoms with van der Waals surface area (Å²) < 4.78 is 48.9. The lowest BCUT2D eigenvalue weighted by atomic mass is 10.1. The number of halogens is 4. The van der Waals surface area contributed by atoms with Crippen molar-refractivity contribution in [3.8, 4) is 23.3 Å². The summed E-state index contributed by atoms with van der Waals surface area (Å²) in [6.07, 6.45) is -4.73. The average Bonchev–Trinajstić information content (AvgIpc) is 2.55. The molecule has 0 bridgehead atoms. The topological polar surface area (TPSA) is 85.4 Å². The van der Waals surface area contributed by atoms with Gasteiger partial charge in [0.15, 0.2) is 11.5 Å². The van der Waals surface area contributed by atoms with Crippen LogP contribution in [0.2, 0.25) is 0 Å². The Labute approximate surface area is 147 Å². The summed E-state index contributed by atoms with van der Waals surface area (Å²) in [4.78, 5) is 10.1. The Balaban J connectivity index is 2.55. The van der Waals surface area contributed by atoms with Gasteiger partial charge in [-0.3, -0.25) is 10.1 Å². The van der Waals surface area contributed by atoms with Gasteiger partial charge in [-0.25, -0.2) is 0 Å². The van der Waals surface area contributed by atoms with E-state index in [0.717, 1.165) is 6.07 Å². The highest BCUT2D eigenvalue weighted by atomic mass is 79.9. The second-order valence-corrected chi connectivity index (χ2v) is 5.50. The first-order valence-corrected chi connectivity index (χ1v) is 7.27. The number of hydrogen-bond acceptors (Lipinski definition) is 5. The van der Waals surface area contributed by atoms with Crippen molar-refractivity contribution in [2.24, 2.45) is 0 Å². The molecular formula is C15H8BrF3N2O4. The zero-order chi connectivity index (χ0) is 18.8. The van der Waals surface area contributed by atoms with Crippen LogP contribution in [0.1, 0.15) is 11.1 Å². The Kier molecular flexibility index (Phi) is 5.18. The van der Waals surface area contributed by atoms with Crippen LogP contribution in [0.4, 0.5) is 18.9 Å². The van der Waals surface area contributed by atoms with E-state index in [1.807, 2.05) is 6.07 Å². The van der Waals surface area contributed by atoms with Crippen LogP contribution in [0.5, 0.6) is 17.2 Å². The van der Waals surface area contributed by atoms with E-state index in [0.29, 0.717) is 12.1 Å². The van der Waals surface area contributed by atoms with Gasteiger partial charge in [-0.1, -0.05) is 0 Å². The predicted molar refractivity (Wildman–Crippen MR) is 83.6 cm³/mol. The van der Waals surface area contributed by atoms with Gasteiger partial charge in [-0.05, 0) is 34.1 Å². The van der Waals surface area contributed by atoms with Gasteiger partial charge in [0.05, 0.1) is 33.7 Å². The second kappa shape index (κ2) is 6.98. The first-order chi connectivity index (χ1) is 11.7. The maximum Gasteiger partial charge on any atom is 0.416 e. The van der Waals surface area contributed by atoms with Gasteiger partial charge in [0.2, 0.25) is 5.75 Å². The number of hydrogen-bond donors (Lipinski definition) is 0. The molecule has 10 heteroatoms. The van der Waals surface area contributed by atoms with Crippen molar-refractivity contribution in [2.75, 3.05) is 7.11 Å². The molecule has 0 unspecified atom stereocenters. The molecule has 0 aliphatic carbocycles. The number of nitro groups is 1. The molecule has 0 aliphatic heterocycles. The van der Waals surface area contributed by atoms with Crippen molar-refractivity contribution in [2.45, 2.75) is 6.18 Å². The van der Waals surface area contributed by atoms with Crippen LogP contribution in [0.15, 0.2) is 34.8 Å². The zero-order valence-electron chi connectivity index (χ0n) is 12.4. The van der Waals surface area contributed by atoms with Gasteiger partial charge in [-0.15, -0.1) is 0 Å². The quantitative estimate of drug-likeness (QED) is 0.514. The Morgan fingerprint density at radius 1 is 1.24 bits per heavy atom. The van der Waals surface area contributed by atoms with E-state index in [1.54, 1.807) is 0 Å². The third-order valence-corrected chi connectivity index (χ3v) is 3.64. The molecular weight excluding hydrogens is 409 g/mol. The summed E-state index contributed by atoms with van der Waals surface area (Å²) in [7, 11) is 1.29. The number of benzene rings is 2. The molecule has 2 aromatic carbocycles. The van der Waals surface area contributed by atoms with Crippen LogP contribution < -0.4 is 9.47 Å². The Bertz CT molecular complexity index is 878. The fourth-order valence-electron chi connectivity index (χ4n) is 1.92. The van der Waals surface area contributed by atoms with Crippen LogP contribution in [-0.2, 0) is 6.18 Å². The van der Waals surface area contributed by atoms with Crippen molar-refractivity contribution >= 4 is 21.6 Å². The molecule has 0 aromatic heterocycles. The molecule has 130 valence electrons. The molecule has 0 N–H and O–H groups in total. The molecule has 25 heavy (non-hydrogen) atoms. The number of rotatable bonds is 4. The second-order valence-electron chi connectivity index (χ2n) is 4.64. The van der Waals surface area contributed by atoms with Gasteiger partial charge in [0, 0.05) is 12.1 Å². The van der Waals surface area contributed by atoms with E-state index < -0.39 is 28.1 Å². The lowest BCUT2D eigenvalue weighted by molar-refractivity contribution is -0.385. The van der Waals surface area contributed by atoms with Crippen LogP contribution in [0, 0.1) is 21.4 Å². The first kappa shape index (κ1) is 18.5. The number of methoxy groups -OCH3 is 1. The highest BCUT2D eigenvalue weighted by molar-refractivity contribution is 9.10. The molecule has 0 fully saturated rings. The van der Waals surface area contributed by atoms with Crippen molar-refractivity contribution in [3.05, 3.63) is 56.0 Å². The standard InChI is InChI=1S/C15H8BrF3N2O4/c1-24-13-5-8(7-20)4-10(16)14(13)25-12-3-2-9(15(17,18)19)6-11(12)21(22)23/h2-6H,1H3. The van der Waals surface area contributed by atoms with Gasteiger partial charge in [0.1, 0.15) is 0 Å². The minimum Gasteiger partial charge on any atom is -0.493 e. The minimum atomic E-state index is -4.73. The van der Waals surface area contributed by atoms with Crippen molar-refractivity contribution in [3.63, 3.8) is 0 Å². The van der Waals surface area contributed by atoms with Gasteiger partial charge in [0.25, 0.3) is 0 Å². The number of nitro benzene ring substituents is 1. The maximum atomic E-state index is 12.7. The average molecular weight is 417 g/mol. The lowest BCUT2D eigenvalue weighted by Crippen LogP contribution is -2.06. The highest BCUT2D eigenvalue weighted by Gasteiger charge is 2.33. The Hall–Kier alpha value is -2.80. The summed E-state index contributed by atoms with van der Waals surface area (Å²) in [5, 5.41) is 20.0. The monoisotopic (exact) mass is 416 g/mol. The predicted octanol–water partition coefficient (Wildman–Crippen LogP) is 5.05. The third kappa shape index (κ3) is 4.00. The summed E-state index contributed by atoms with van der Waals surface area (Å²) >= 11 is 3.14. The van der Waals surface area contributed by atoms with E-state index in [1.165, 1.54) is 19.2 Å². The van der Waals surface area contributed by atoms with Crippen LogP contribution in [-0.4, -0.2) is 12.0 Å². The molecule has 2 aromatic rings. The van der Waals surface area contributed by atoms with E-state index in [9.17, 15) is 23.3 Å². The van der Waals surface area contributed by atoms with Crippen molar-refractivity contribution in [1.82, 2.24) is 0 Å². The molecule has 6 nitrogen and oxygen atoms in total. The normalized spacial score (nSPS) is 10.9.